The van der Waals surface area contributed by atoms with Gasteiger partial charge in [0.15, 0.2) is 16.0 Å². The second-order valence-corrected chi connectivity index (χ2v) is 5.86. The summed E-state index contributed by atoms with van der Waals surface area (Å²) in [6.45, 7) is 0.273. The van der Waals surface area contributed by atoms with Crippen molar-refractivity contribution in [1.82, 2.24) is 10.2 Å². The van der Waals surface area contributed by atoms with Crippen LogP contribution in [0.3, 0.4) is 0 Å². The van der Waals surface area contributed by atoms with Gasteiger partial charge in [-0.2, -0.15) is 0 Å². The third-order valence-electron chi connectivity index (χ3n) is 2.15. The molecule has 1 aromatic heterocycles. The van der Waals surface area contributed by atoms with E-state index in [-0.39, 0.29) is 12.3 Å². The highest BCUT2D eigenvalue weighted by molar-refractivity contribution is 8.01. The Morgan fingerprint density at radius 2 is 2.15 bits per heavy atom. The number of nitrogens with one attached hydrogen (secondary N) is 1. The Kier molecular flexibility index (Phi) is 4.85. The zero-order chi connectivity index (χ0) is 14.5. The van der Waals surface area contributed by atoms with Gasteiger partial charge in [-0.05, 0) is 17.7 Å². The summed E-state index contributed by atoms with van der Waals surface area (Å²) in [4.78, 5) is 10.4. The number of benzene rings is 1. The SMILES string of the molecule is O=C(O)CSc1nnc(NCc2ccc(F)c(F)c2)s1. The Morgan fingerprint density at radius 3 is 2.85 bits per heavy atom. The molecule has 106 valence electrons. The molecule has 0 aliphatic rings. The second-order valence-electron chi connectivity index (χ2n) is 3.66. The molecule has 0 aliphatic heterocycles. The maximum absolute atomic E-state index is 13.0. The molecule has 0 fully saturated rings. The van der Waals surface area contributed by atoms with Crippen LogP contribution in [0.25, 0.3) is 0 Å². The van der Waals surface area contributed by atoms with Gasteiger partial charge in [-0.1, -0.05) is 29.2 Å². The monoisotopic (exact) mass is 317 g/mol. The molecule has 0 atom stereocenters. The minimum Gasteiger partial charge on any atom is -0.481 e. The van der Waals surface area contributed by atoms with E-state index in [1.807, 2.05) is 0 Å². The molecule has 0 amide bonds. The quantitative estimate of drug-likeness (QED) is 0.798. The number of carbonyl (C=O) groups is 1. The number of halogens is 2. The van der Waals surface area contributed by atoms with Crippen molar-refractivity contribution in [3.8, 4) is 0 Å². The standard InChI is InChI=1S/C11H9F2N3O2S2/c12-7-2-1-6(3-8(7)13)4-14-10-15-16-11(20-10)19-5-9(17)18/h1-3H,4-5H2,(H,14,15)(H,17,18). The van der Waals surface area contributed by atoms with Crippen LogP contribution in [0.15, 0.2) is 22.5 Å². The van der Waals surface area contributed by atoms with Crippen LogP contribution in [-0.4, -0.2) is 27.0 Å². The largest absolute Gasteiger partial charge is 0.481 e. The highest BCUT2D eigenvalue weighted by atomic mass is 32.2. The molecule has 0 aliphatic carbocycles. The van der Waals surface area contributed by atoms with Gasteiger partial charge in [0.25, 0.3) is 0 Å². The average molecular weight is 317 g/mol. The van der Waals surface area contributed by atoms with Crippen molar-refractivity contribution >= 4 is 34.2 Å². The summed E-state index contributed by atoms with van der Waals surface area (Å²) < 4.78 is 26.3. The van der Waals surface area contributed by atoms with Crippen molar-refractivity contribution in [1.29, 1.82) is 0 Å². The minimum absolute atomic E-state index is 0.0855. The number of carboxylic acids is 1. The maximum Gasteiger partial charge on any atom is 0.313 e. The van der Waals surface area contributed by atoms with Crippen molar-refractivity contribution in [3.63, 3.8) is 0 Å². The van der Waals surface area contributed by atoms with E-state index in [1.165, 1.54) is 17.4 Å². The lowest BCUT2D eigenvalue weighted by atomic mass is 10.2. The Bertz CT molecular complexity index is 621. The van der Waals surface area contributed by atoms with Gasteiger partial charge in [0.2, 0.25) is 5.13 Å². The van der Waals surface area contributed by atoms with Crippen molar-refractivity contribution in [2.75, 3.05) is 11.1 Å². The Labute approximate surface area is 121 Å². The molecule has 1 aromatic carbocycles. The summed E-state index contributed by atoms with van der Waals surface area (Å²) in [5, 5.41) is 19.6. The van der Waals surface area contributed by atoms with Crippen LogP contribution in [0.2, 0.25) is 0 Å². The van der Waals surface area contributed by atoms with Crippen LogP contribution < -0.4 is 5.32 Å². The first kappa shape index (κ1) is 14.7. The summed E-state index contributed by atoms with van der Waals surface area (Å²) in [5.41, 5.74) is 0.568. The van der Waals surface area contributed by atoms with Crippen molar-refractivity contribution < 1.29 is 18.7 Å². The summed E-state index contributed by atoms with van der Waals surface area (Å²) >= 11 is 2.27. The number of aromatic nitrogens is 2. The molecule has 9 heteroatoms. The highest BCUT2D eigenvalue weighted by Gasteiger charge is 2.07. The minimum atomic E-state index is -0.929. The zero-order valence-corrected chi connectivity index (χ0v) is 11.6. The number of carboxylic acid groups (broad SMARTS) is 1. The topological polar surface area (TPSA) is 75.1 Å². The fourth-order valence-corrected chi connectivity index (χ4v) is 2.76. The van der Waals surface area contributed by atoms with Gasteiger partial charge in [0, 0.05) is 6.54 Å². The third kappa shape index (κ3) is 4.14. The fraction of sp³-hybridized carbons (Fsp3) is 0.182. The predicted molar refractivity (Wildman–Crippen MR) is 72.0 cm³/mol. The van der Waals surface area contributed by atoms with Gasteiger partial charge in [-0.25, -0.2) is 8.78 Å². The number of nitrogens with zero attached hydrogens (tertiary/aromatic N) is 2. The van der Waals surface area contributed by atoms with E-state index >= 15 is 0 Å². The van der Waals surface area contributed by atoms with E-state index in [4.69, 9.17) is 5.11 Å². The van der Waals surface area contributed by atoms with E-state index in [9.17, 15) is 13.6 Å². The first-order valence-corrected chi connectivity index (χ1v) is 7.20. The highest BCUT2D eigenvalue weighted by Crippen LogP contribution is 2.25. The summed E-state index contributed by atoms with van der Waals surface area (Å²) in [6.07, 6.45) is 0. The maximum atomic E-state index is 13.0. The van der Waals surface area contributed by atoms with Crippen molar-refractivity contribution in [3.05, 3.63) is 35.4 Å². The number of thioether (sulfide) groups is 1. The third-order valence-corrected chi connectivity index (χ3v) is 4.15. The molecule has 20 heavy (non-hydrogen) atoms. The van der Waals surface area contributed by atoms with Gasteiger partial charge in [0.05, 0.1) is 5.75 Å². The van der Waals surface area contributed by atoms with Gasteiger partial charge in [0.1, 0.15) is 0 Å². The van der Waals surface area contributed by atoms with E-state index in [0.717, 1.165) is 23.9 Å². The fourth-order valence-electron chi connectivity index (χ4n) is 1.29. The van der Waals surface area contributed by atoms with Crippen LogP contribution in [0.1, 0.15) is 5.56 Å². The summed E-state index contributed by atoms with van der Waals surface area (Å²) in [6, 6.07) is 3.62. The lowest BCUT2D eigenvalue weighted by Crippen LogP contribution is -2.00. The normalized spacial score (nSPS) is 10.5. The molecule has 1 heterocycles. The van der Waals surface area contributed by atoms with E-state index < -0.39 is 17.6 Å². The van der Waals surface area contributed by atoms with Gasteiger partial charge >= 0.3 is 5.97 Å². The van der Waals surface area contributed by atoms with Gasteiger partial charge in [-0.15, -0.1) is 10.2 Å². The molecule has 0 bridgehead atoms. The van der Waals surface area contributed by atoms with E-state index in [1.54, 1.807) is 0 Å². The van der Waals surface area contributed by atoms with Crippen LogP contribution in [0.5, 0.6) is 0 Å². The van der Waals surface area contributed by atoms with E-state index in [0.29, 0.717) is 15.0 Å². The molecule has 0 saturated heterocycles. The van der Waals surface area contributed by atoms with Gasteiger partial charge < -0.3 is 10.4 Å². The smallest absolute Gasteiger partial charge is 0.313 e. The first-order chi connectivity index (χ1) is 9.54. The number of hydrogen-bond donors (Lipinski definition) is 2. The molecule has 0 unspecified atom stereocenters. The van der Waals surface area contributed by atoms with Crippen LogP contribution >= 0.6 is 23.1 Å². The zero-order valence-electron chi connectivity index (χ0n) is 9.97. The molecule has 0 radical (unpaired) electrons. The summed E-state index contributed by atoms with van der Waals surface area (Å²) in [5.74, 6) is -2.81. The van der Waals surface area contributed by atoms with Gasteiger partial charge in [-0.3, -0.25) is 4.79 Å². The molecule has 5 nitrogen and oxygen atoms in total. The average Bonchev–Trinajstić information content (AvgIpc) is 2.86. The number of hydrogen-bond acceptors (Lipinski definition) is 6. The lowest BCUT2D eigenvalue weighted by molar-refractivity contribution is -0.133. The summed E-state index contributed by atoms with van der Waals surface area (Å²) in [7, 11) is 0. The van der Waals surface area contributed by atoms with Crippen molar-refractivity contribution in [2.24, 2.45) is 0 Å². The molecule has 2 aromatic rings. The lowest BCUT2D eigenvalue weighted by Gasteiger charge is -2.02. The van der Waals surface area contributed by atoms with Crippen molar-refractivity contribution in [2.45, 2.75) is 10.9 Å². The Morgan fingerprint density at radius 1 is 1.35 bits per heavy atom. The molecular weight excluding hydrogens is 308 g/mol. The van der Waals surface area contributed by atoms with Crippen LogP contribution in [-0.2, 0) is 11.3 Å². The first-order valence-electron chi connectivity index (χ1n) is 5.40. The second kappa shape index (κ2) is 6.62. The number of anilines is 1. The molecule has 2 rings (SSSR count). The molecule has 2 N–H and O–H groups in total. The molecule has 0 spiro atoms. The molecule has 0 saturated carbocycles. The molecular formula is C11H9F2N3O2S2. The number of aliphatic carboxylic acids is 1. The van der Waals surface area contributed by atoms with Crippen LogP contribution in [0.4, 0.5) is 13.9 Å². The van der Waals surface area contributed by atoms with E-state index in [2.05, 4.69) is 15.5 Å². The van der Waals surface area contributed by atoms with Crippen LogP contribution in [0, 0.1) is 11.6 Å². The Hall–Kier alpha value is -1.74. The predicted octanol–water partition coefficient (Wildman–Crippen LogP) is 2.61. The Balaban J connectivity index is 1.90. The number of rotatable bonds is 6.